The number of hydrogen-bond donors (Lipinski definition) is 0. The molecular weight excluding hydrogens is 283 g/mol. The Balaban J connectivity index is 1.99. The third-order valence-corrected chi connectivity index (χ3v) is 6.44. The molecule has 0 heterocycles. The molecule has 1 unspecified atom stereocenters. The summed E-state index contributed by atoms with van der Waals surface area (Å²) >= 11 is 0. The molecule has 0 fully saturated rings. The summed E-state index contributed by atoms with van der Waals surface area (Å²) in [6.07, 6.45) is 12.0. The van der Waals surface area contributed by atoms with Gasteiger partial charge in [0.2, 0.25) is 0 Å². The molecule has 1 atom stereocenters. The molecule has 0 aromatic heterocycles. The van der Waals surface area contributed by atoms with Crippen molar-refractivity contribution >= 4 is 18.5 Å². The summed E-state index contributed by atoms with van der Waals surface area (Å²) in [6, 6.07) is 20.0. The van der Waals surface area contributed by atoms with E-state index in [4.69, 9.17) is 0 Å². The molecule has 0 aliphatic heterocycles. The zero-order valence-electron chi connectivity index (χ0n) is 12.8. The molecule has 0 saturated heterocycles. The lowest BCUT2D eigenvalue weighted by atomic mass is 10.1. The minimum Gasteiger partial charge on any atom is -0.103 e. The molecule has 2 aromatic carbocycles. The van der Waals surface area contributed by atoms with Crippen molar-refractivity contribution in [3.8, 4) is 0 Å². The van der Waals surface area contributed by atoms with Crippen LogP contribution in [-0.4, -0.2) is 0 Å². The fourth-order valence-electron chi connectivity index (χ4n) is 2.78. The van der Waals surface area contributed by atoms with Gasteiger partial charge >= 0.3 is 0 Å². The zero-order valence-corrected chi connectivity index (χ0v) is 13.7. The Morgan fingerprint density at radius 2 is 1.68 bits per heavy atom. The topological polar surface area (TPSA) is 0 Å². The third-order valence-electron chi connectivity index (χ3n) is 3.87. The predicted octanol–water partition coefficient (Wildman–Crippen LogP) is 5.08. The summed E-state index contributed by atoms with van der Waals surface area (Å²) in [5.41, 5.74) is 1.33. The summed E-state index contributed by atoms with van der Waals surface area (Å²) in [4.78, 5) is 0. The lowest BCUT2D eigenvalue weighted by Gasteiger charge is -2.23. The molecule has 0 spiro atoms. The molecule has 0 bridgehead atoms. The second-order valence-electron chi connectivity index (χ2n) is 5.46. The van der Waals surface area contributed by atoms with Crippen molar-refractivity contribution in [1.82, 2.24) is 0 Å². The van der Waals surface area contributed by atoms with Gasteiger partial charge in [-0.1, -0.05) is 78.9 Å². The van der Waals surface area contributed by atoms with E-state index < -0.39 is 7.92 Å². The highest BCUT2D eigenvalue weighted by atomic mass is 31.1. The van der Waals surface area contributed by atoms with E-state index >= 15 is 0 Å². The Kier molecular flexibility index (Phi) is 5.03. The lowest BCUT2D eigenvalue weighted by molar-refractivity contribution is 1.02. The summed E-state index contributed by atoms with van der Waals surface area (Å²) in [5.74, 6) is 0. The highest BCUT2D eigenvalue weighted by molar-refractivity contribution is 7.76. The Morgan fingerprint density at radius 1 is 0.955 bits per heavy atom. The Morgan fingerprint density at radius 3 is 2.32 bits per heavy atom. The summed E-state index contributed by atoms with van der Waals surface area (Å²) in [7, 11) is -0.407. The zero-order chi connectivity index (χ0) is 15.2. The standard InChI is InChI=1S/C21H21P/c1-2-9-18-14-16-21(17-15-18)22(19-10-5-3-6-11-19)20-12-7-4-8-13-20/h2-7,10-12,14-17H,1,8-9,13H2. The highest BCUT2D eigenvalue weighted by Crippen LogP contribution is 2.46. The molecule has 2 aromatic rings. The van der Waals surface area contributed by atoms with E-state index in [9.17, 15) is 0 Å². The van der Waals surface area contributed by atoms with Crippen molar-refractivity contribution in [2.75, 3.05) is 0 Å². The van der Waals surface area contributed by atoms with Crippen LogP contribution in [-0.2, 0) is 6.42 Å². The molecule has 110 valence electrons. The van der Waals surface area contributed by atoms with Gasteiger partial charge in [-0.3, -0.25) is 0 Å². The fourth-order valence-corrected chi connectivity index (χ4v) is 5.25. The van der Waals surface area contributed by atoms with Crippen molar-refractivity contribution in [1.29, 1.82) is 0 Å². The van der Waals surface area contributed by atoms with E-state index in [1.807, 2.05) is 6.08 Å². The number of allylic oxidation sites excluding steroid dienone is 5. The number of hydrogen-bond acceptors (Lipinski definition) is 0. The summed E-state index contributed by atoms with van der Waals surface area (Å²) < 4.78 is 0. The van der Waals surface area contributed by atoms with Gasteiger partial charge in [-0.05, 0) is 48.7 Å². The third kappa shape index (κ3) is 3.46. The number of rotatable bonds is 5. The SMILES string of the molecule is C=CCc1ccc(P(C2=CC=CCC2)c2ccccc2)cc1. The van der Waals surface area contributed by atoms with Gasteiger partial charge in [0.15, 0.2) is 0 Å². The average Bonchev–Trinajstić information content (AvgIpc) is 2.59. The van der Waals surface area contributed by atoms with Crippen LogP contribution in [0.4, 0.5) is 0 Å². The monoisotopic (exact) mass is 304 g/mol. The van der Waals surface area contributed by atoms with Crippen molar-refractivity contribution in [2.45, 2.75) is 19.3 Å². The van der Waals surface area contributed by atoms with Gasteiger partial charge in [-0.15, -0.1) is 6.58 Å². The van der Waals surface area contributed by atoms with Gasteiger partial charge in [0.25, 0.3) is 0 Å². The van der Waals surface area contributed by atoms with E-state index in [0.29, 0.717) is 0 Å². The first-order valence-corrected chi connectivity index (χ1v) is 9.13. The lowest BCUT2D eigenvalue weighted by Crippen LogP contribution is -2.13. The second kappa shape index (κ2) is 7.38. The van der Waals surface area contributed by atoms with Crippen LogP contribution in [0.3, 0.4) is 0 Å². The van der Waals surface area contributed by atoms with Gasteiger partial charge in [0.1, 0.15) is 0 Å². The van der Waals surface area contributed by atoms with Crippen molar-refractivity contribution in [2.24, 2.45) is 0 Å². The van der Waals surface area contributed by atoms with Crippen molar-refractivity contribution in [3.63, 3.8) is 0 Å². The minimum atomic E-state index is -0.407. The predicted molar refractivity (Wildman–Crippen MR) is 99.4 cm³/mol. The first-order chi connectivity index (χ1) is 10.9. The molecule has 22 heavy (non-hydrogen) atoms. The van der Waals surface area contributed by atoms with Crippen molar-refractivity contribution < 1.29 is 0 Å². The van der Waals surface area contributed by atoms with Crippen LogP contribution in [0.15, 0.2) is 90.8 Å². The van der Waals surface area contributed by atoms with E-state index in [2.05, 4.69) is 79.4 Å². The second-order valence-corrected chi connectivity index (χ2v) is 7.73. The molecular formula is C21H21P. The van der Waals surface area contributed by atoms with Crippen LogP contribution >= 0.6 is 7.92 Å². The van der Waals surface area contributed by atoms with Crippen LogP contribution in [0.1, 0.15) is 18.4 Å². The Hall–Kier alpha value is -1.91. The van der Waals surface area contributed by atoms with Crippen LogP contribution in [0.5, 0.6) is 0 Å². The molecule has 3 rings (SSSR count). The van der Waals surface area contributed by atoms with Crippen molar-refractivity contribution in [3.05, 3.63) is 96.4 Å². The minimum absolute atomic E-state index is 0.407. The molecule has 0 saturated carbocycles. The first-order valence-electron chi connectivity index (χ1n) is 7.79. The van der Waals surface area contributed by atoms with Gasteiger partial charge in [0, 0.05) is 0 Å². The molecule has 0 N–H and O–H groups in total. The molecule has 1 aliphatic carbocycles. The van der Waals surface area contributed by atoms with E-state index in [0.717, 1.165) is 12.8 Å². The molecule has 1 heteroatoms. The average molecular weight is 304 g/mol. The normalized spacial score (nSPS) is 15.2. The van der Waals surface area contributed by atoms with Crippen LogP contribution < -0.4 is 10.6 Å². The van der Waals surface area contributed by atoms with Gasteiger partial charge < -0.3 is 0 Å². The maximum absolute atomic E-state index is 3.82. The van der Waals surface area contributed by atoms with Gasteiger partial charge in [0.05, 0.1) is 0 Å². The maximum atomic E-state index is 3.82. The van der Waals surface area contributed by atoms with Gasteiger partial charge in [-0.25, -0.2) is 0 Å². The Labute approximate surface area is 134 Å². The van der Waals surface area contributed by atoms with Crippen LogP contribution in [0.25, 0.3) is 0 Å². The van der Waals surface area contributed by atoms with E-state index in [1.54, 1.807) is 5.31 Å². The van der Waals surface area contributed by atoms with Crippen LogP contribution in [0.2, 0.25) is 0 Å². The van der Waals surface area contributed by atoms with E-state index in [1.165, 1.54) is 22.6 Å². The molecule has 1 aliphatic rings. The maximum Gasteiger partial charge on any atom is -0.0100 e. The molecule has 0 radical (unpaired) electrons. The largest absolute Gasteiger partial charge is 0.103 e. The Bertz CT molecular complexity index is 678. The van der Waals surface area contributed by atoms with Crippen LogP contribution in [0, 0.1) is 0 Å². The van der Waals surface area contributed by atoms with Gasteiger partial charge in [-0.2, -0.15) is 0 Å². The fraction of sp³-hybridized carbons (Fsp3) is 0.143. The summed E-state index contributed by atoms with van der Waals surface area (Å²) in [6.45, 7) is 3.82. The molecule has 0 nitrogen and oxygen atoms in total. The summed E-state index contributed by atoms with van der Waals surface area (Å²) in [5, 5.41) is 4.45. The van der Waals surface area contributed by atoms with E-state index in [-0.39, 0.29) is 0 Å². The number of benzene rings is 2. The smallest absolute Gasteiger partial charge is 0.0100 e. The molecule has 0 amide bonds. The first kappa shape index (κ1) is 15.0. The quantitative estimate of drug-likeness (QED) is 0.533. The highest BCUT2D eigenvalue weighted by Gasteiger charge is 2.18.